The van der Waals surface area contributed by atoms with Crippen LogP contribution in [0.15, 0.2) is 0 Å². The highest BCUT2D eigenvalue weighted by atomic mass is 16.5. The summed E-state index contributed by atoms with van der Waals surface area (Å²) in [6.07, 6.45) is 0.304. The molecule has 2 amide bonds. The Labute approximate surface area is 76.0 Å². The molecule has 0 saturated carbocycles. The number of hydrogen-bond donors (Lipinski definition) is 1. The van der Waals surface area contributed by atoms with Crippen LogP contribution < -0.4 is 5.32 Å². The van der Waals surface area contributed by atoms with Crippen molar-refractivity contribution in [2.75, 3.05) is 26.3 Å². The van der Waals surface area contributed by atoms with Crippen LogP contribution >= 0.6 is 0 Å². The second-order valence-electron chi connectivity index (χ2n) is 3.28. The van der Waals surface area contributed by atoms with Gasteiger partial charge in [0, 0.05) is 13.1 Å². The normalized spacial score (nSPS) is 30.6. The van der Waals surface area contributed by atoms with E-state index in [4.69, 9.17) is 4.74 Å². The maximum absolute atomic E-state index is 11.3. The molecule has 0 aromatic heterocycles. The van der Waals surface area contributed by atoms with Crippen molar-refractivity contribution in [3.63, 3.8) is 0 Å². The summed E-state index contributed by atoms with van der Waals surface area (Å²) in [4.78, 5) is 24.2. The second kappa shape index (κ2) is 3.43. The predicted octanol–water partition coefficient (Wildman–Crippen LogP) is -1.27. The molecule has 72 valence electrons. The first kappa shape index (κ1) is 8.65. The molecule has 2 saturated heterocycles. The summed E-state index contributed by atoms with van der Waals surface area (Å²) >= 11 is 0. The third kappa shape index (κ3) is 1.71. The average molecular weight is 184 g/mol. The van der Waals surface area contributed by atoms with Gasteiger partial charge in [0.05, 0.1) is 25.7 Å². The number of nitrogens with one attached hydrogen (secondary N) is 1. The van der Waals surface area contributed by atoms with Crippen LogP contribution in [0.4, 0.5) is 0 Å². The van der Waals surface area contributed by atoms with E-state index >= 15 is 0 Å². The number of imide groups is 1. The van der Waals surface area contributed by atoms with Crippen molar-refractivity contribution in [1.82, 2.24) is 10.2 Å². The Hall–Kier alpha value is -0.940. The maximum Gasteiger partial charge on any atom is 0.244 e. The molecule has 2 heterocycles. The molecule has 0 aliphatic carbocycles. The van der Waals surface area contributed by atoms with Gasteiger partial charge in [0.1, 0.15) is 0 Å². The summed E-state index contributed by atoms with van der Waals surface area (Å²) in [6.45, 7) is 2.78. The lowest BCUT2D eigenvalue weighted by atomic mass is 10.2. The SMILES string of the molecule is O=C1CC(N2CCOCC2)C(=O)N1. The number of amides is 2. The topological polar surface area (TPSA) is 58.6 Å². The Morgan fingerprint density at radius 1 is 1.31 bits per heavy atom. The molecule has 1 N–H and O–H groups in total. The lowest BCUT2D eigenvalue weighted by molar-refractivity contribution is -0.127. The van der Waals surface area contributed by atoms with Gasteiger partial charge in [0.15, 0.2) is 0 Å². The molecule has 2 aliphatic heterocycles. The minimum absolute atomic E-state index is 0.160. The number of morpholine rings is 1. The van der Waals surface area contributed by atoms with Gasteiger partial charge in [0.25, 0.3) is 0 Å². The van der Waals surface area contributed by atoms with Gasteiger partial charge >= 0.3 is 0 Å². The summed E-state index contributed by atoms with van der Waals surface area (Å²) in [5, 5.41) is 2.30. The van der Waals surface area contributed by atoms with Gasteiger partial charge < -0.3 is 4.74 Å². The molecule has 0 radical (unpaired) electrons. The fourth-order valence-corrected chi connectivity index (χ4v) is 1.72. The highest BCUT2D eigenvalue weighted by Gasteiger charge is 2.35. The van der Waals surface area contributed by atoms with E-state index < -0.39 is 0 Å². The average Bonchev–Trinajstić information content (AvgIpc) is 2.47. The van der Waals surface area contributed by atoms with Crippen molar-refractivity contribution in [3.8, 4) is 0 Å². The number of carbonyl (C=O) groups excluding carboxylic acids is 2. The quantitative estimate of drug-likeness (QED) is 0.516. The Morgan fingerprint density at radius 2 is 2.00 bits per heavy atom. The van der Waals surface area contributed by atoms with Crippen LogP contribution in [0.3, 0.4) is 0 Å². The van der Waals surface area contributed by atoms with Crippen LogP contribution in [0.25, 0.3) is 0 Å². The fourth-order valence-electron chi connectivity index (χ4n) is 1.72. The van der Waals surface area contributed by atoms with Crippen LogP contribution in [0.5, 0.6) is 0 Å². The van der Waals surface area contributed by atoms with Gasteiger partial charge in [0.2, 0.25) is 11.8 Å². The molecule has 1 atom stereocenters. The zero-order valence-corrected chi connectivity index (χ0v) is 7.28. The number of ether oxygens (including phenoxy) is 1. The van der Waals surface area contributed by atoms with Crippen molar-refractivity contribution in [3.05, 3.63) is 0 Å². The van der Waals surface area contributed by atoms with Crippen LogP contribution in [0.2, 0.25) is 0 Å². The van der Waals surface area contributed by atoms with Crippen molar-refractivity contribution in [1.29, 1.82) is 0 Å². The van der Waals surface area contributed by atoms with Gasteiger partial charge in [-0.2, -0.15) is 0 Å². The van der Waals surface area contributed by atoms with Crippen LogP contribution in [0, 0.1) is 0 Å². The molecular weight excluding hydrogens is 172 g/mol. The van der Waals surface area contributed by atoms with Crippen LogP contribution in [0.1, 0.15) is 6.42 Å². The van der Waals surface area contributed by atoms with Crippen molar-refractivity contribution < 1.29 is 14.3 Å². The van der Waals surface area contributed by atoms with E-state index in [0.717, 1.165) is 13.1 Å². The number of carbonyl (C=O) groups is 2. The molecule has 2 aliphatic rings. The van der Waals surface area contributed by atoms with E-state index in [1.165, 1.54) is 0 Å². The molecule has 0 bridgehead atoms. The minimum Gasteiger partial charge on any atom is -0.379 e. The molecule has 2 fully saturated rings. The van der Waals surface area contributed by atoms with Crippen molar-refractivity contribution in [2.45, 2.75) is 12.5 Å². The first-order valence-corrected chi connectivity index (χ1v) is 4.43. The van der Waals surface area contributed by atoms with Gasteiger partial charge in [-0.25, -0.2) is 0 Å². The molecule has 0 aromatic rings. The maximum atomic E-state index is 11.3. The highest BCUT2D eigenvalue weighted by molar-refractivity contribution is 6.05. The van der Waals surface area contributed by atoms with Gasteiger partial charge in [-0.3, -0.25) is 19.8 Å². The zero-order chi connectivity index (χ0) is 9.26. The first-order chi connectivity index (χ1) is 6.27. The Balaban J connectivity index is 1.99. The number of hydrogen-bond acceptors (Lipinski definition) is 4. The monoisotopic (exact) mass is 184 g/mol. The molecular formula is C8H12N2O3. The van der Waals surface area contributed by atoms with Gasteiger partial charge in [-0.1, -0.05) is 0 Å². The van der Waals surface area contributed by atoms with Gasteiger partial charge in [-0.15, -0.1) is 0 Å². The summed E-state index contributed by atoms with van der Waals surface area (Å²) < 4.78 is 5.16. The van der Waals surface area contributed by atoms with Crippen molar-refractivity contribution >= 4 is 11.8 Å². The summed E-state index contributed by atoms with van der Waals surface area (Å²) in [6, 6.07) is -0.253. The van der Waals surface area contributed by atoms with Crippen molar-refractivity contribution in [2.24, 2.45) is 0 Å². The molecule has 0 aromatic carbocycles. The molecule has 2 rings (SSSR count). The molecule has 13 heavy (non-hydrogen) atoms. The van der Waals surface area contributed by atoms with Crippen LogP contribution in [-0.4, -0.2) is 49.1 Å². The summed E-state index contributed by atoms with van der Waals surface area (Å²) in [5.74, 6) is -0.326. The third-order valence-electron chi connectivity index (χ3n) is 2.43. The lowest BCUT2D eigenvalue weighted by Crippen LogP contribution is -2.46. The highest BCUT2D eigenvalue weighted by Crippen LogP contribution is 2.12. The minimum atomic E-state index is -0.253. The predicted molar refractivity (Wildman–Crippen MR) is 43.9 cm³/mol. The van der Waals surface area contributed by atoms with E-state index in [0.29, 0.717) is 19.6 Å². The molecule has 0 spiro atoms. The lowest BCUT2D eigenvalue weighted by Gasteiger charge is -2.29. The molecule has 5 nitrogen and oxygen atoms in total. The fraction of sp³-hybridized carbons (Fsp3) is 0.750. The number of nitrogens with zero attached hydrogens (tertiary/aromatic N) is 1. The van der Waals surface area contributed by atoms with E-state index in [-0.39, 0.29) is 17.9 Å². The Morgan fingerprint density at radius 3 is 2.54 bits per heavy atom. The van der Waals surface area contributed by atoms with Gasteiger partial charge in [-0.05, 0) is 0 Å². The first-order valence-electron chi connectivity index (χ1n) is 4.43. The second-order valence-corrected chi connectivity index (χ2v) is 3.28. The zero-order valence-electron chi connectivity index (χ0n) is 7.28. The smallest absolute Gasteiger partial charge is 0.244 e. The Kier molecular flexibility index (Phi) is 2.28. The molecule has 5 heteroatoms. The summed E-state index contributed by atoms with van der Waals surface area (Å²) in [7, 11) is 0. The van der Waals surface area contributed by atoms with E-state index in [1.807, 2.05) is 4.90 Å². The largest absolute Gasteiger partial charge is 0.379 e. The number of rotatable bonds is 1. The standard InChI is InChI=1S/C8H12N2O3/c11-7-5-6(8(12)9-7)10-1-3-13-4-2-10/h6H,1-5H2,(H,9,11,12). The Bertz CT molecular complexity index is 236. The van der Waals surface area contributed by atoms with E-state index in [2.05, 4.69) is 5.32 Å². The van der Waals surface area contributed by atoms with Crippen LogP contribution in [-0.2, 0) is 14.3 Å². The van der Waals surface area contributed by atoms with E-state index in [1.54, 1.807) is 0 Å². The third-order valence-corrected chi connectivity index (χ3v) is 2.43. The van der Waals surface area contributed by atoms with E-state index in [9.17, 15) is 9.59 Å². The molecule has 1 unspecified atom stereocenters. The summed E-state index contributed by atoms with van der Waals surface area (Å²) in [5.41, 5.74) is 0.